The van der Waals surface area contributed by atoms with E-state index in [2.05, 4.69) is 20.4 Å². The van der Waals surface area contributed by atoms with Gasteiger partial charge in [-0.05, 0) is 39.8 Å². The average molecular weight is 364 g/mol. The smallest absolute Gasteiger partial charge is 0.263 e. The second kappa shape index (κ2) is 6.15. The zero-order valence-corrected chi connectivity index (χ0v) is 15.1. The Kier molecular flexibility index (Phi) is 4.28. The van der Waals surface area contributed by atoms with Crippen molar-refractivity contribution in [2.75, 3.05) is 5.32 Å². The summed E-state index contributed by atoms with van der Waals surface area (Å²) in [6, 6.07) is 4.02. The Morgan fingerprint density at radius 3 is 2.72 bits per heavy atom. The number of hydrogen-bond acceptors (Lipinski definition) is 4. The molecule has 0 aliphatic rings. The number of anilines is 1. The van der Waals surface area contributed by atoms with Crippen LogP contribution in [0, 0.1) is 5.82 Å². The molecule has 8 heteroatoms. The molecule has 3 rings (SSSR count). The Balaban J connectivity index is 2.03. The van der Waals surface area contributed by atoms with Gasteiger partial charge in [0.25, 0.3) is 5.56 Å². The van der Waals surface area contributed by atoms with Crippen molar-refractivity contribution in [3.05, 3.63) is 51.2 Å². The van der Waals surface area contributed by atoms with Gasteiger partial charge in [0, 0.05) is 10.6 Å². The maximum absolute atomic E-state index is 14.1. The normalized spacial score (nSPS) is 13.2. The van der Waals surface area contributed by atoms with Crippen molar-refractivity contribution in [2.24, 2.45) is 0 Å². The molecule has 1 aromatic carbocycles. The molecule has 2 N–H and O–H groups in total. The van der Waals surface area contributed by atoms with E-state index in [0.29, 0.717) is 21.6 Å². The Labute approximate surface area is 149 Å². The zero-order valence-electron chi connectivity index (χ0n) is 14.4. The highest BCUT2D eigenvalue weighted by Crippen LogP contribution is 2.27. The lowest BCUT2D eigenvalue weighted by molar-refractivity contribution is 0.366. The molecule has 3 aromatic rings. The maximum atomic E-state index is 14.1. The molecule has 6 nitrogen and oxygen atoms in total. The van der Waals surface area contributed by atoms with Crippen LogP contribution in [0.2, 0.25) is 5.02 Å². The SMILES string of the molecule is CC(Nc1nc2c(cnn2C(C)(C)C)c(=O)[nH]1)c1c(F)cccc1Cl. The number of nitrogens with zero attached hydrogens (tertiary/aromatic N) is 3. The molecule has 0 fully saturated rings. The first-order chi connectivity index (χ1) is 11.7. The van der Waals surface area contributed by atoms with Crippen molar-refractivity contribution < 1.29 is 4.39 Å². The minimum atomic E-state index is -0.486. The van der Waals surface area contributed by atoms with Crippen LogP contribution < -0.4 is 10.9 Å². The second-order valence-electron chi connectivity index (χ2n) is 6.88. The fourth-order valence-electron chi connectivity index (χ4n) is 2.68. The minimum Gasteiger partial charge on any atom is -0.349 e. The largest absolute Gasteiger partial charge is 0.349 e. The van der Waals surface area contributed by atoms with E-state index in [1.165, 1.54) is 12.3 Å². The number of H-pyrrole nitrogens is 1. The fraction of sp³-hybridized carbons (Fsp3) is 0.353. The van der Waals surface area contributed by atoms with E-state index in [9.17, 15) is 9.18 Å². The third-order valence-corrected chi connectivity index (χ3v) is 4.19. The van der Waals surface area contributed by atoms with Crippen LogP contribution in [-0.4, -0.2) is 19.7 Å². The lowest BCUT2D eigenvalue weighted by Gasteiger charge is -2.20. The van der Waals surface area contributed by atoms with Gasteiger partial charge in [-0.3, -0.25) is 9.78 Å². The first kappa shape index (κ1) is 17.4. The monoisotopic (exact) mass is 363 g/mol. The van der Waals surface area contributed by atoms with E-state index in [1.807, 2.05) is 20.8 Å². The summed E-state index contributed by atoms with van der Waals surface area (Å²) in [6.45, 7) is 7.65. The topological polar surface area (TPSA) is 75.6 Å². The highest BCUT2D eigenvalue weighted by atomic mass is 35.5. The van der Waals surface area contributed by atoms with Crippen molar-refractivity contribution in [3.8, 4) is 0 Å². The van der Waals surface area contributed by atoms with Gasteiger partial charge < -0.3 is 5.32 Å². The summed E-state index contributed by atoms with van der Waals surface area (Å²) in [6.07, 6.45) is 1.49. The second-order valence-corrected chi connectivity index (χ2v) is 7.29. The van der Waals surface area contributed by atoms with Gasteiger partial charge in [-0.1, -0.05) is 17.7 Å². The van der Waals surface area contributed by atoms with E-state index in [4.69, 9.17) is 11.6 Å². The predicted molar refractivity (Wildman–Crippen MR) is 96.6 cm³/mol. The van der Waals surface area contributed by atoms with Crippen LogP contribution in [0.15, 0.2) is 29.2 Å². The standard InChI is InChI=1S/C17H19ClFN5O/c1-9(13-11(18)6-5-7-12(13)19)21-16-22-14-10(15(25)23-16)8-20-24(14)17(2,3)4/h5-9H,1-4H3,(H2,21,22,23,25). The molecule has 0 saturated carbocycles. The van der Waals surface area contributed by atoms with Crippen molar-refractivity contribution >= 4 is 28.6 Å². The lowest BCUT2D eigenvalue weighted by Crippen LogP contribution is -2.24. The molecule has 132 valence electrons. The fourth-order valence-corrected chi connectivity index (χ4v) is 3.01. The first-order valence-electron chi connectivity index (χ1n) is 7.87. The highest BCUT2D eigenvalue weighted by molar-refractivity contribution is 6.31. The summed E-state index contributed by atoms with van der Waals surface area (Å²) >= 11 is 6.10. The Morgan fingerprint density at radius 1 is 1.36 bits per heavy atom. The molecule has 0 bridgehead atoms. The van der Waals surface area contributed by atoms with Crippen LogP contribution >= 0.6 is 11.6 Å². The van der Waals surface area contributed by atoms with Crippen molar-refractivity contribution in [3.63, 3.8) is 0 Å². The molecule has 0 aliphatic heterocycles. The highest BCUT2D eigenvalue weighted by Gasteiger charge is 2.21. The number of aromatic nitrogens is 4. The van der Waals surface area contributed by atoms with Crippen LogP contribution in [-0.2, 0) is 5.54 Å². The van der Waals surface area contributed by atoms with Gasteiger partial charge in [-0.2, -0.15) is 10.1 Å². The Hall–Kier alpha value is -2.41. The Bertz CT molecular complexity index is 969. The molecule has 25 heavy (non-hydrogen) atoms. The van der Waals surface area contributed by atoms with Crippen molar-refractivity contribution in [1.29, 1.82) is 0 Å². The quantitative estimate of drug-likeness (QED) is 0.741. The number of rotatable bonds is 3. The molecule has 2 heterocycles. The number of aromatic amines is 1. The summed E-state index contributed by atoms with van der Waals surface area (Å²) in [4.78, 5) is 19.4. The van der Waals surface area contributed by atoms with E-state index >= 15 is 0 Å². The molecule has 0 radical (unpaired) electrons. The van der Waals surface area contributed by atoms with Gasteiger partial charge in [0.05, 0.1) is 17.8 Å². The van der Waals surface area contributed by atoms with Crippen LogP contribution in [0.5, 0.6) is 0 Å². The average Bonchev–Trinajstić information content (AvgIpc) is 2.91. The van der Waals surface area contributed by atoms with Gasteiger partial charge in [0.1, 0.15) is 11.2 Å². The van der Waals surface area contributed by atoms with E-state index < -0.39 is 11.9 Å². The molecule has 1 unspecified atom stereocenters. The molecule has 2 aromatic heterocycles. The Morgan fingerprint density at radius 2 is 2.08 bits per heavy atom. The van der Waals surface area contributed by atoms with Crippen LogP contribution in [0.4, 0.5) is 10.3 Å². The van der Waals surface area contributed by atoms with Gasteiger partial charge in [-0.15, -0.1) is 0 Å². The van der Waals surface area contributed by atoms with E-state index in [-0.39, 0.29) is 17.0 Å². The van der Waals surface area contributed by atoms with Crippen LogP contribution in [0.3, 0.4) is 0 Å². The molecular weight excluding hydrogens is 345 g/mol. The molecule has 0 spiro atoms. The molecule has 1 atom stereocenters. The van der Waals surface area contributed by atoms with E-state index in [1.54, 1.807) is 23.7 Å². The lowest BCUT2D eigenvalue weighted by atomic mass is 10.1. The van der Waals surface area contributed by atoms with Crippen molar-refractivity contribution in [1.82, 2.24) is 19.7 Å². The van der Waals surface area contributed by atoms with E-state index in [0.717, 1.165) is 0 Å². The third kappa shape index (κ3) is 3.24. The maximum Gasteiger partial charge on any atom is 0.263 e. The molecular formula is C17H19ClFN5O. The van der Waals surface area contributed by atoms with Crippen LogP contribution in [0.1, 0.15) is 39.3 Å². The number of benzene rings is 1. The predicted octanol–water partition coefficient (Wildman–Crippen LogP) is 3.84. The number of fused-ring (bicyclic) bond motifs is 1. The third-order valence-electron chi connectivity index (χ3n) is 3.86. The van der Waals surface area contributed by atoms with Crippen LogP contribution in [0.25, 0.3) is 11.0 Å². The molecule has 0 amide bonds. The number of hydrogen-bond donors (Lipinski definition) is 2. The summed E-state index contributed by atoms with van der Waals surface area (Å²) in [5, 5.41) is 7.98. The molecule has 0 saturated heterocycles. The number of halogens is 2. The van der Waals surface area contributed by atoms with Gasteiger partial charge >= 0.3 is 0 Å². The summed E-state index contributed by atoms with van der Waals surface area (Å²) < 4.78 is 15.8. The first-order valence-corrected chi connectivity index (χ1v) is 8.25. The van der Waals surface area contributed by atoms with Crippen molar-refractivity contribution in [2.45, 2.75) is 39.3 Å². The minimum absolute atomic E-state index is 0.232. The number of nitrogens with one attached hydrogen (secondary N) is 2. The molecule has 0 aliphatic carbocycles. The van der Waals surface area contributed by atoms with Gasteiger partial charge in [0.15, 0.2) is 5.65 Å². The summed E-state index contributed by atoms with van der Waals surface area (Å²) in [5.41, 5.74) is 0.136. The summed E-state index contributed by atoms with van der Waals surface area (Å²) in [7, 11) is 0. The van der Waals surface area contributed by atoms with Gasteiger partial charge in [0.2, 0.25) is 5.95 Å². The zero-order chi connectivity index (χ0) is 18.4. The van der Waals surface area contributed by atoms with Gasteiger partial charge in [-0.25, -0.2) is 9.07 Å². The summed E-state index contributed by atoms with van der Waals surface area (Å²) in [5.74, 6) is -0.189.